The third-order valence-electron chi connectivity index (χ3n) is 2.16. The Labute approximate surface area is 121 Å². The maximum absolute atomic E-state index is 11.8. The number of hydrogen-bond donors (Lipinski definition) is 3. The molecular weight excluding hydrogens is 306 g/mol. The number of halogens is 1. The van der Waals surface area contributed by atoms with E-state index in [9.17, 15) is 18.0 Å². The Morgan fingerprint density at radius 1 is 1.20 bits per heavy atom. The number of alkyl halides is 1. The van der Waals surface area contributed by atoms with E-state index >= 15 is 0 Å². The second-order valence-corrected chi connectivity index (χ2v) is 6.21. The molecule has 0 aromatic heterocycles. The SMILES string of the molecule is C[C@@H](Cl)C(=O)NNC(=O)CNS(=O)(=O)c1ccccc1. The molecule has 0 radical (unpaired) electrons. The van der Waals surface area contributed by atoms with Gasteiger partial charge in [-0.05, 0) is 19.1 Å². The van der Waals surface area contributed by atoms with Gasteiger partial charge in [-0.1, -0.05) is 18.2 Å². The van der Waals surface area contributed by atoms with Crippen molar-refractivity contribution in [3.05, 3.63) is 30.3 Å². The standard InChI is InChI=1S/C11H14ClN3O4S/c1-8(12)11(17)15-14-10(16)7-13-20(18,19)9-5-3-2-4-6-9/h2-6,8,13H,7H2,1H3,(H,14,16)(H,15,17)/t8-/m1/s1. The predicted molar refractivity (Wildman–Crippen MR) is 73.2 cm³/mol. The Bertz CT molecular complexity index is 575. The molecule has 0 unspecified atom stereocenters. The van der Waals surface area contributed by atoms with Crippen LogP contribution < -0.4 is 15.6 Å². The molecule has 0 saturated carbocycles. The second-order valence-electron chi connectivity index (χ2n) is 3.79. The summed E-state index contributed by atoms with van der Waals surface area (Å²) in [6.07, 6.45) is 0. The molecule has 1 aromatic rings. The van der Waals surface area contributed by atoms with E-state index in [1.54, 1.807) is 18.2 Å². The van der Waals surface area contributed by atoms with Gasteiger partial charge < -0.3 is 0 Å². The number of benzene rings is 1. The maximum Gasteiger partial charge on any atom is 0.256 e. The van der Waals surface area contributed by atoms with E-state index < -0.39 is 33.8 Å². The summed E-state index contributed by atoms with van der Waals surface area (Å²) in [5.41, 5.74) is 4.09. The van der Waals surface area contributed by atoms with Gasteiger partial charge in [0.1, 0.15) is 5.38 Å². The minimum absolute atomic E-state index is 0.0474. The second kappa shape index (κ2) is 7.22. The van der Waals surface area contributed by atoms with Gasteiger partial charge in [0.15, 0.2) is 0 Å². The number of hydrazine groups is 1. The maximum atomic E-state index is 11.8. The molecule has 7 nitrogen and oxygen atoms in total. The number of carbonyl (C=O) groups is 2. The largest absolute Gasteiger partial charge is 0.272 e. The molecule has 1 aromatic carbocycles. The molecule has 0 spiro atoms. The summed E-state index contributed by atoms with van der Waals surface area (Å²) in [6, 6.07) is 7.61. The van der Waals surface area contributed by atoms with Crippen molar-refractivity contribution in [1.29, 1.82) is 0 Å². The van der Waals surface area contributed by atoms with Crippen LogP contribution in [0.2, 0.25) is 0 Å². The summed E-state index contributed by atoms with van der Waals surface area (Å²) in [5, 5.41) is -0.809. The van der Waals surface area contributed by atoms with E-state index in [4.69, 9.17) is 11.6 Å². The smallest absolute Gasteiger partial charge is 0.256 e. The Hall–Kier alpha value is -1.64. The molecule has 0 aliphatic heterocycles. The molecule has 0 aliphatic carbocycles. The van der Waals surface area contributed by atoms with Gasteiger partial charge in [0.2, 0.25) is 10.0 Å². The number of amides is 2. The molecule has 0 aliphatic rings. The van der Waals surface area contributed by atoms with Crippen LogP contribution in [0.4, 0.5) is 0 Å². The van der Waals surface area contributed by atoms with Gasteiger partial charge in [0.25, 0.3) is 11.8 Å². The van der Waals surface area contributed by atoms with Gasteiger partial charge in [-0.3, -0.25) is 20.4 Å². The van der Waals surface area contributed by atoms with E-state index in [2.05, 4.69) is 10.1 Å². The molecule has 0 heterocycles. The van der Waals surface area contributed by atoms with Gasteiger partial charge in [-0.15, -0.1) is 11.6 Å². The summed E-state index contributed by atoms with van der Waals surface area (Å²) in [6.45, 7) is 0.926. The lowest BCUT2D eigenvalue weighted by Crippen LogP contribution is -2.48. The molecule has 0 bridgehead atoms. The van der Waals surface area contributed by atoms with Crippen molar-refractivity contribution < 1.29 is 18.0 Å². The van der Waals surface area contributed by atoms with Crippen molar-refractivity contribution in [1.82, 2.24) is 15.6 Å². The van der Waals surface area contributed by atoms with Crippen molar-refractivity contribution in [3.8, 4) is 0 Å². The first-order valence-electron chi connectivity index (χ1n) is 5.60. The minimum Gasteiger partial charge on any atom is -0.272 e. The average Bonchev–Trinajstić information content (AvgIpc) is 2.43. The fourth-order valence-electron chi connectivity index (χ4n) is 1.12. The first kappa shape index (κ1) is 16.4. The first-order chi connectivity index (χ1) is 9.33. The van der Waals surface area contributed by atoms with Crippen molar-refractivity contribution in [3.63, 3.8) is 0 Å². The van der Waals surface area contributed by atoms with Crippen LogP contribution in [0.15, 0.2) is 35.2 Å². The van der Waals surface area contributed by atoms with E-state index in [-0.39, 0.29) is 4.90 Å². The van der Waals surface area contributed by atoms with Gasteiger partial charge in [0.05, 0.1) is 11.4 Å². The monoisotopic (exact) mass is 319 g/mol. The Balaban J connectivity index is 2.47. The van der Waals surface area contributed by atoms with E-state index in [1.165, 1.54) is 19.1 Å². The zero-order valence-electron chi connectivity index (χ0n) is 10.6. The van der Waals surface area contributed by atoms with E-state index in [0.717, 1.165) is 0 Å². The Morgan fingerprint density at radius 3 is 2.35 bits per heavy atom. The number of carbonyl (C=O) groups excluding carboxylic acids is 2. The summed E-state index contributed by atoms with van der Waals surface area (Å²) in [4.78, 5) is 22.5. The van der Waals surface area contributed by atoms with E-state index in [0.29, 0.717) is 0 Å². The van der Waals surface area contributed by atoms with Crippen LogP contribution in [0.3, 0.4) is 0 Å². The van der Waals surface area contributed by atoms with Crippen LogP contribution in [0.1, 0.15) is 6.92 Å². The molecule has 3 N–H and O–H groups in total. The normalized spacial score (nSPS) is 12.5. The van der Waals surface area contributed by atoms with Gasteiger partial charge in [0, 0.05) is 0 Å². The highest BCUT2D eigenvalue weighted by Gasteiger charge is 2.15. The molecule has 9 heteroatoms. The summed E-state index contributed by atoms with van der Waals surface area (Å²) in [7, 11) is -3.76. The highest BCUT2D eigenvalue weighted by Crippen LogP contribution is 2.06. The van der Waals surface area contributed by atoms with Crippen LogP contribution in [0.5, 0.6) is 0 Å². The topological polar surface area (TPSA) is 104 Å². The third-order valence-corrected chi connectivity index (χ3v) is 3.78. The summed E-state index contributed by atoms with van der Waals surface area (Å²) >= 11 is 5.47. The quantitative estimate of drug-likeness (QED) is 0.513. The van der Waals surface area contributed by atoms with Crippen LogP contribution in [-0.2, 0) is 19.6 Å². The number of hydrogen-bond acceptors (Lipinski definition) is 4. The van der Waals surface area contributed by atoms with Gasteiger partial charge in [-0.2, -0.15) is 0 Å². The molecule has 1 rings (SSSR count). The van der Waals surface area contributed by atoms with E-state index in [1.807, 2.05) is 5.43 Å². The van der Waals surface area contributed by atoms with Crippen LogP contribution in [-0.4, -0.2) is 32.2 Å². The van der Waals surface area contributed by atoms with Gasteiger partial charge in [-0.25, -0.2) is 13.1 Å². The van der Waals surface area contributed by atoms with Crippen molar-refractivity contribution >= 4 is 33.4 Å². The lowest BCUT2D eigenvalue weighted by molar-refractivity contribution is -0.127. The molecule has 0 fully saturated rings. The Morgan fingerprint density at radius 2 is 1.80 bits per heavy atom. The van der Waals surface area contributed by atoms with Gasteiger partial charge >= 0.3 is 0 Å². The Kier molecular flexibility index (Phi) is 5.93. The van der Waals surface area contributed by atoms with Crippen molar-refractivity contribution in [2.75, 3.05) is 6.54 Å². The minimum atomic E-state index is -3.76. The number of nitrogens with one attached hydrogen (secondary N) is 3. The first-order valence-corrected chi connectivity index (χ1v) is 7.52. The number of sulfonamides is 1. The average molecular weight is 320 g/mol. The van der Waals surface area contributed by atoms with Crippen LogP contribution in [0.25, 0.3) is 0 Å². The van der Waals surface area contributed by atoms with Crippen LogP contribution >= 0.6 is 11.6 Å². The van der Waals surface area contributed by atoms with Crippen molar-refractivity contribution in [2.45, 2.75) is 17.2 Å². The molecule has 0 saturated heterocycles. The molecule has 20 heavy (non-hydrogen) atoms. The highest BCUT2D eigenvalue weighted by atomic mass is 35.5. The summed E-state index contributed by atoms with van der Waals surface area (Å²) < 4.78 is 25.7. The van der Waals surface area contributed by atoms with Crippen molar-refractivity contribution in [2.24, 2.45) is 0 Å². The third kappa shape index (κ3) is 5.16. The molecule has 1 atom stereocenters. The fraction of sp³-hybridized carbons (Fsp3) is 0.273. The molecule has 110 valence electrons. The fourth-order valence-corrected chi connectivity index (χ4v) is 2.18. The lowest BCUT2D eigenvalue weighted by Gasteiger charge is -2.09. The predicted octanol–water partition coefficient (Wildman–Crippen LogP) is -0.260. The molecule has 2 amide bonds. The van der Waals surface area contributed by atoms with Crippen LogP contribution in [0, 0.1) is 0 Å². The zero-order chi connectivity index (χ0) is 15.2. The highest BCUT2D eigenvalue weighted by molar-refractivity contribution is 7.89. The number of rotatable bonds is 5. The summed E-state index contributed by atoms with van der Waals surface area (Å²) in [5.74, 6) is -1.30. The lowest BCUT2D eigenvalue weighted by atomic mass is 10.4. The zero-order valence-corrected chi connectivity index (χ0v) is 12.2. The molecular formula is C11H14ClN3O4S.